The van der Waals surface area contributed by atoms with E-state index in [0.29, 0.717) is 25.6 Å². The van der Waals surface area contributed by atoms with Gasteiger partial charge in [-0.15, -0.1) is 0 Å². The lowest BCUT2D eigenvalue weighted by atomic mass is 10.1. The van der Waals surface area contributed by atoms with Gasteiger partial charge in [-0.3, -0.25) is 4.68 Å². The number of nitrogens with one attached hydrogen (secondary N) is 2. The number of alkyl halides is 2. The van der Waals surface area contributed by atoms with Crippen molar-refractivity contribution in [3.8, 4) is 0 Å². The van der Waals surface area contributed by atoms with Gasteiger partial charge in [0, 0.05) is 45.6 Å². The van der Waals surface area contributed by atoms with Crippen molar-refractivity contribution in [2.75, 3.05) is 64.0 Å². The van der Waals surface area contributed by atoms with Crippen molar-refractivity contribution in [2.45, 2.75) is 51.5 Å². The van der Waals surface area contributed by atoms with Gasteiger partial charge in [-0.25, -0.2) is 18.6 Å². The molecule has 4 heterocycles. The van der Waals surface area contributed by atoms with E-state index in [0.717, 1.165) is 69.4 Å². The predicted molar refractivity (Wildman–Crippen MR) is 135 cm³/mol. The summed E-state index contributed by atoms with van der Waals surface area (Å²) in [7, 11) is 3.93. The molecule has 198 valence electrons. The minimum Gasteiger partial charge on any atom is -0.369 e. The number of anilines is 3. The fourth-order valence-electron chi connectivity index (χ4n) is 4.69. The van der Waals surface area contributed by atoms with E-state index in [-0.39, 0.29) is 23.4 Å². The van der Waals surface area contributed by atoms with Crippen LogP contribution in [-0.4, -0.2) is 93.8 Å². The van der Waals surface area contributed by atoms with Crippen LogP contribution in [0.25, 0.3) is 0 Å². The van der Waals surface area contributed by atoms with Crippen molar-refractivity contribution >= 4 is 23.5 Å². The van der Waals surface area contributed by atoms with Crippen molar-refractivity contribution < 1.29 is 13.6 Å². The fraction of sp³-hybridized carbons (Fsp3) is 0.667. The Kier molecular flexibility index (Phi) is 8.55. The summed E-state index contributed by atoms with van der Waals surface area (Å²) in [4.78, 5) is 26.7. The molecule has 0 bridgehead atoms. The molecule has 0 atom stereocenters. The van der Waals surface area contributed by atoms with Crippen LogP contribution in [0.1, 0.15) is 55.8 Å². The summed E-state index contributed by atoms with van der Waals surface area (Å²) in [5.41, 5.74) is 1.32. The summed E-state index contributed by atoms with van der Waals surface area (Å²) in [6, 6.07) is 0.358. The molecule has 0 aromatic carbocycles. The molecule has 36 heavy (non-hydrogen) atoms. The third-order valence-electron chi connectivity index (χ3n) is 6.94. The third kappa shape index (κ3) is 6.40. The summed E-state index contributed by atoms with van der Waals surface area (Å²) in [6.45, 7) is 6.42. The number of nitrogens with zero attached hydrogens (tertiary/aromatic N) is 7. The van der Waals surface area contributed by atoms with Crippen LogP contribution < -0.4 is 10.6 Å². The quantitative estimate of drug-likeness (QED) is 0.500. The van der Waals surface area contributed by atoms with Gasteiger partial charge in [0.1, 0.15) is 5.82 Å². The number of hydrogen-bond acceptors (Lipinski definition) is 7. The fourth-order valence-corrected chi connectivity index (χ4v) is 4.69. The third-order valence-corrected chi connectivity index (χ3v) is 6.94. The number of likely N-dealkylation sites (tertiary alicyclic amines) is 1. The van der Waals surface area contributed by atoms with E-state index in [1.165, 1.54) is 0 Å². The molecule has 0 unspecified atom stereocenters. The highest BCUT2D eigenvalue weighted by Crippen LogP contribution is 2.28. The van der Waals surface area contributed by atoms with Gasteiger partial charge >= 0.3 is 6.03 Å². The number of rotatable bonds is 9. The maximum Gasteiger partial charge on any atom is 0.319 e. The first-order valence-corrected chi connectivity index (χ1v) is 12.7. The van der Waals surface area contributed by atoms with E-state index in [2.05, 4.69) is 37.6 Å². The number of amides is 2. The van der Waals surface area contributed by atoms with Crippen molar-refractivity contribution in [3.05, 3.63) is 23.7 Å². The molecule has 12 heteroatoms. The van der Waals surface area contributed by atoms with Crippen LogP contribution in [-0.2, 0) is 0 Å². The molecule has 2 aliphatic heterocycles. The maximum atomic E-state index is 13.6. The van der Waals surface area contributed by atoms with E-state index < -0.39 is 6.43 Å². The molecule has 2 amide bonds. The summed E-state index contributed by atoms with van der Waals surface area (Å²) in [5, 5.41) is 10.8. The zero-order valence-corrected chi connectivity index (χ0v) is 21.4. The van der Waals surface area contributed by atoms with E-state index in [4.69, 9.17) is 0 Å². The molecule has 2 aliphatic rings. The second-order valence-corrected chi connectivity index (χ2v) is 9.74. The normalized spacial score (nSPS) is 18.1. The Bertz CT molecular complexity index is 1020. The molecule has 10 nitrogen and oxygen atoms in total. The van der Waals surface area contributed by atoms with E-state index in [1.807, 2.05) is 29.7 Å². The smallest absolute Gasteiger partial charge is 0.319 e. The average molecular weight is 506 g/mol. The lowest BCUT2D eigenvalue weighted by molar-refractivity contribution is 0.151. The summed E-state index contributed by atoms with van der Waals surface area (Å²) in [6.07, 6.45) is 5.04. The van der Waals surface area contributed by atoms with Crippen molar-refractivity contribution in [1.29, 1.82) is 0 Å². The van der Waals surface area contributed by atoms with Crippen LogP contribution in [0.4, 0.5) is 31.0 Å². The highest BCUT2D eigenvalue weighted by molar-refractivity contribution is 5.74. The Labute approximate surface area is 211 Å². The SMILES string of the molecule is Cc1nn(C2CCN(C)CC2)cc1Nc1ncc(C(F)F)c(NCCCN2CCCCN(C)C2=O)n1. The number of carbonyl (C=O) groups is 1. The highest BCUT2D eigenvalue weighted by atomic mass is 19.3. The number of aromatic nitrogens is 4. The van der Waals surface area contributed by atoms with Crippen LogP contribution in [0.15, 0.2) is 12.4 Å². The van der Waals surface area contributed by atoms with Gasteiger partial charge in [-0.2, -0.15) is 10.1 Å². The van der Waals surface area contributed by atoms with E-state index in [9.17, 15) is 13.6 Å². The molecule has 2 saturated heterocycles. The predicted octanol–water partition coefficient (Wildman–Crippen LogP) is 3.88. The molecule has 2 fully saturated rings. The standard InChI is InChI=1S/C24H37F2N9O/c1-17-20(16-35(31-17)18-7-13-32(2)14-8-18)29-23-28-15-19(21(25)26)22(30-23)27-9-6-12-34-11-5-4-10-33(3)24(34)36/h15-16,18,21H,4-14H2,1-3H3,(H2,27,28,29,30). The van der Waals surface area contributed by atoms with Gasteiger partial charge in [0.05, 0.1) is 23.0 Å². The zero-order valence-electron chi connectivity index (χ0n) is 21.4. The molecule has 0 aliphatic carbocycles. The molecule has 2 N–H and O–H groups in total. The second kappa shape index (κ2) is 11.8. The highest BCUT2D eigenvalue weighted by Gasteiger charge is 2.22. The Morgan fingerprint density at radius 3 is 2.64 bits per heavy atom. The minimum absolute atomic E-state index is 0.0189. The Morgan fingerprint density at radius 1 is 1.14 bits per heavy atom. The maximum absolute atomic E-state index is 13.6. The monoisotopic (exact) mass is 505 g/mol. The van der Waals surface area contributed by atoms with E-state index in [1.54, 1.807) is 4.90 Å². The number of urea groups is 1. The van der Waals surface area contributed by atoms with Crippen LogP contribution >= 0.6 is 0 Å². The van der Waals surface area contributed by atoms with E-state index >= 15 is 0 Å². The van der Waals surface area contributed by atoms with Gasteiger partial charge < -0.3 is 25.3 Å². The van der Waals surface area contributed by atoms with Gasteiger partial charge in [0.15, 0.2) is 0 Å². The second-order valence-electron chi connectivity index (χ2n) is 9.74. The van der Waals surface area contributed by atoms with Crippen LogP contribution in [0, 0.1) is 6.92 Å². The summed E-state index contributed by atoms with van der Waals surface area (Å²) in [5.74, 6) is 0.333. The Hall–Kier alpha value is -3.02. The van der Waals surface area contributed by atoms with Crippen LogP contribution in [0.2, 0.25) is 0 Å². The minimum atomic E-state index is -2.70. The first kappa shape index (κ1) is 26.1. The molecule has 2 aromatic rings. The molecule has 0 spiro atoms. The average Bonchev–Trinajstić information content (AvgIpc) is 3.14. The topological polar surface area (TPSA) is 94.5 Å². The molecule has 0 saturated carbocycles. The molecular formula is C24H37F2N9O. The number of piperidine rings is 1. The Morgan fingerprint density at radius 2 is 1.89 bits per heavy atom. The molecule has 2 aromatic heterocycles. The van der Waals surface area contributed by atoms with Gasteiger partial charge in [0.2, 0.25) is 5.95 Å². The van der Waals surface area contributed by atoms with Crippen molar-refractivity contribution in [3.63, 3.8) is 0 Å². The first-order chi connectivity index (χ1) is 17.3. The van der Waals surface area contributed by atoms with Gasteiger partial charge in [-0.1, -0.05) is 0 Å². The Balaban J connectivity index is 1.38. The lowest BCUT2D eigenvalue weighted by Crippen LogP contribution is -2.40. The summed E-state index contributed by atoms with van der Waals surface area (Å²) >= 11 is 0. The van der Waals surface area contributed by atoms with Gasteiger partial charge in [-0.05, 0) is 59.2 Å². The molecule has 4 rings (SSSR count). The van der Waals surface area contributed by atoms with Crippen molar-refractivity contribution in [1.82, 2.24) is 34.4 Å². The number of aryl methyl sites for hydroxylation is 1. The molecule has 0 radical (unpaired) electrons. The first-order valence-electron chi connectivity index (χ1n) is 12.7. The number of carbonyl (C=O) groups excluding carboxylic acids is 1. The summed E-state index contributed by atoms with van der Waals surface area (Å²) < 4.78 is 29.2. The largest absolute Gasteiger partial charge is 0.369 e. The van der Waals surface area contributed by atoms with Gasteiger partial charge in [0.25, 0.3) is 6.43 Å². The molecular weight excluding hydrogens is 468 g/mol. The van der Waals surface area contributed by atoms with Crippen LogP contribution in [0.5, 0.6) is 0 Å². The zero-order chi connectivity index (χ0) is 25.7. The number of halogens is 2. The van der Waals surface area contributed by atoms with Crippen LogP contribution in [0.3, 0.4) is 0 Å². The lowest BCUT2D eigenvalue weighted by Gasteiger charge is -2.28. The number of hydrogen-bond donors (Lipinski definition) is 2. The van der Waals surface area contributed by atoms with Crippen molar-refractivity contribution in [2.24, 2.45) is 0 Å².